The van der Waals surface area contributed by atoms with Gasteiger partial charge in [-0.3, -0.25) is 9.59 Å². The molecule has 0 aromatic heterocycles. The highest BCUT2D eigenvalue weighted by atomic mass is 16.5. The van der Waals surface area contributed by atoms with Crippen LogP contribution in [0.25, 0.3) is 0 Å². The molecule has 0 saturated carbocycles. The van der Waals surface area contributed by atoms with Crippen LogP contribution in [-0.2, 0) is 20.9 Å². The number of benzene rings is 1. The van der Waals surface area contributed by atoms with Gasteiger partial charge in [0.05, 0.1) is 6.04 Å². The van der Waals surface area contributed by atoms with Crippen molar-refractivity contribution >= 4 is 29.6 Å². The minimum Gasteiger partial charge on any atom is -0.445 e. The molecule has 5 amide bonds. The lowest BCUT2D eigenvalue weighted by Crippen LogP contribution is -2.53. The third-order valence-corrected chi connectivity index (χ3v) is 5.51. The summed E-state index contributed by atoms with van der Waals surface area (Å²) in [5.41, 5.74) is 6.39. The second-order valence-electron chi connectivity index (χ2n) is 9.57. The number of rotatable bonds is 17. The number of nitrogens with two attached hydrogens (primary N) is 1. The maximum Gasteiger partial charge on any atom is 0.407 e. The van der Waals surface area contributed by atoms with E-state index in [2.05, 4.69) is 31.9 Å². The van der Waals surface area contributed by atoms with Crippen LogP contribution in [0, 0.1) is 5.92 Å². The summed E-state index contributed by atoms with van der Waals surface area (Å²) in [5.74, 6) is -0.617. The molecule has 12 nitrogen and oxygen atoms in total. The van der Waals surface area contributed by atoms with Crippen LogP contribution in [0.3, 0.4) is 0 Å². The molecule has 38 heavy (non-hydrogen) atoms. The van der Waals surface area contributed by atoms with Crippen LogP contribution in [0.5, 0.6) is 0 Å². The summed E-state index contributed by atoms with van der Waals surface area (Å²) in [5, 5.41) is 17.2. The Balaban J connectivity index is 2.70. The van der Waals surface area contributed by atoms with E-state index < -0.39 is 24.2 Å². The highest BCUT2D eigenvalue weighted by Gasteiger charge is 2.27. The summed E-state index contributed by atoms with van der Waals surface area (Å²) in [6.07, 6.45) is 0.248. The lowest BCUT2D eigenvalue weighted by Gasteiger charge is -2.25. The third kappa shape index (κ3) is 13.8. The quantitative estimate of drug-likeness (QED) is 0.148. The molecule has 12 heteroatoms. The van der Waals surface area contributed by atoms with Crippen molar-refractivity contribution in [2.45, 2.75) is 72.2 Å². The summed E-state index contributed by atoms with van der Waals surface area (Å²) in [7, 11) is 0. The predicted molar refractivity (Wildman–Crippen MR) is 147 cm³/mol. The Morgan fingerprint density at radius 2 is 1.58 bits per heavy atom. The number of hydrogen-bond acceptors (Lipinski definition) is 7. The Kier molecular flexibility index (Phi) is 15.4. The third-order valence-electron chi connectivity index (χ3n) is 5.51. The van der Waals surface area contributed by atoms with Crippen molar-refractivity contribution in [3.05, 3.63) is 29.8 Å². The molecule has 0 spiro atoms. The fraction of sp³-hybridized carbons (Fsp3) is 0.615. The Bertz CT molecular complexity index is 877. The van der Waals surface area contributed by atoms with Gasteiger partial charge in [-0.05, 0) is 43.0 Å². The van der Waals surface area contributed by atoms with Crippen LogP contribution in [0.2, 0.25) is 0 Å². The van der Waals surface area contributed by atoms with Crippen LogP contribution in [0.1, 0.15) is 53.0 Å². The molecule has 0 aliphatic carbocycles. The normalized spacial score (nSPS) is 12.5. The van der Waals surface area contributed by atoms with Crippen molar-refractivity contribution in [3.8, 4) is 0 Å². The van der Waals surface area contributed by atoms with Gasteiger partial charge in [0.15, 0.2) is 0 Å². The topological polar surface area (TPSA) is 176 Å². The number of carbonyl (C=O) groups is 4. The summed E-state index contributed by atoms with van der Waals surface area (Å²) >= 11 is 0. The zero-order valence-corrected chi connectivity index (χ0v) is 23.2. The minimum atomic E-state index is -0.811. The van der Waals surface area contributed by atoms with Crippen LogP contribution in [0.15, 0.2) is 24.3 Å². The SMILES string of the molecule is CCN[C@H](C(=O)N[C@@H](CCCNC(N)=O)C(=O)Nc1ccc(COC(=O)NCCNC(C)C)cc1)C(C)C. The van der Waals surface area contributed by atoms with Gasteiger partial charge in [-0.15, -0.1) is 0 Å². The van der Waals surface area contributed by atoms with Gasteiger partial charge >= 0.3 is 12.1 Å². The van der Waals surface area contributed by atoms with E-state index in [1.807, 2.05) is 34.6 Å². The van der Waals surface area contributed by atoms with Gasteiger partial charge in [0.1, 0.15) is 12.6 Å². The molecule has 0 aliphatic heterocycles. The molecule has 1 aromatic carbocycles. The summed E-state index contributed by atoms with van der Waals surface area (Å²) in [6.45, 7) is 11.9. The number of alkyl carbamates (subject to hydrolysis) is 1. The maximum absolute atomic E-state index is 13.1. The number of primary amides is 1. The van der Waals surface area contributed by atoms with Gasteiger partial charge in [-0.2, -0.15) is 0 Å². The first-order valence-electron chi connectivity index (χ1n) is 13.1. The summed E-state index contributed by atoms with van der Waals surface area (Å²) in [6, 6.07) is 5.32. The molecule has 8 N–H and O–H groups in total. The molecular weight excluding hydrogens is 490 g/mol. The lowest BCUT2D eigenvalue weighted by atomic mass is 10.0. The Hall–Kier alpha value is -3.38. The number of hydrogen-bond donors (Lipinski definition) is 7. The van der Waals surface area contributed by atoms with E-state index in [0.717, 1.165) is 5.56 Å². The van der Waals surface area contributed by atoms with Crippen molar-refractivity contribution in [2.75, 3.05) is 31.5 Å². The number of urea groups is 1. The van der Waals surface area contributed by atoms with Gasteiger partial charge in [-0.1, -0.05) is 46.8 Å². The van der Waals surface area contributed by atoms with Gasteiger partial charge in [0.2, 0.25) is 11.8 Å². The van der Waals surface area contributed by atoms with Crippen molar-refractivity contribution < 1.29 is 23.9 Å². The maximum atomic E-state index is 13.1. The number of carbonyl (C=O) groups excluding carboxylic acids is 4. The molecule has 1 aromatic rings. The van der Waals surface area contributed by atoms with Crippen LogP contribution in [0.4, 0.5) is 15.3 Å². The molecule has 0 aliphatic rings. The molecule has 0 bridgehead atoms. The van der Waals surface area contributed by atoms with E-state index in [4.69, 9.17) is 10.5 Å². The fourth-order valence-corrected chi connectivity index (χ4v) is 3.54. The molecule has 0 saturated heterocycles. The first-order valence-corrected chi connectivity index (χ1v) is 13.1. The van der Waals surface area contributed by atoms with E-state index >= 15 is 0 Å². The van der Waals surface area contributed by atoms with Gasteiger partial charge in [0.25, 0.3) is 0 Å². The molecule has 0 radical (unpaired) electrons. The zero-order valence-electron chi connectivity index (χ0n) is 23.2. The highest BCUT2D eigenvalue weighted by Crippen LogP contribution is 2.12. The molecular formula is C26H45N7O5. The Labute approximate surface area is 225 Å². The monoisotopic (exact) mass is 535 g/mol. The number of amides is 5. The second kappa shape index (κ2) is 18.0. The molecule has 2 atom stereocenters. The van der Waals surface area contributed by atoms with E-state index in [1.54, 1.807) is 24.3 Å². The van der Waals surface area contributed by atoms with Crippen LogP contribution in [-0.4, -0.2) is 68.2 Å². The summed E-state index contributed by atoms with van der Waals surface area (Å²) < 4.78 is 5.21. The Morgan fingerprint density at radius 3 is 2.16 bits per heavy atom. The molecule has 0 unspecified atom stereocenters. The summed E-state index contributed by atoms with van der Waals surface area (Å²) in [4.78, 5) is 48.7. The zero-order chi connectivity index (χ0) is 28.5. The largest absolute Gasteiger partial charge is 0.445 e. The molecule has 0 heterocycles. The first-order chi connectivity index (χ1) is 18.0. The van der Waals surface area contributed by atoms with Gasteiger partial charge < -0.3 is 42.4 Å². The molecule has 0 fully saturated rings. The van der Waals surface area contributed by atoms with E-state index in [0.29, 0.717) is 44.2 Å². The van der Waals surface area contributed by atoms with Crippen molar-refractivity contribution in [1.29, 1.82) is 0 Å². The average molecular weight is 536 g/mol. The van der Waals surface area contributed by atoms with Crippen LogP contribution < -0.4 is 37.6 Å². The second-order valence-corrected chi connectivity index (χ2v) is 9.57. The smallest absolute Gasteiger partial charge is 0.407 e. The van der Waals surface area contributed by atoms with Crippen molar-refractivity contribution in [1.82, 2.24) is 26.6 Å². The van der Waals surface area contributed by atoms with E-state index in [-0.39, 0.29) is 30.9 Å². The van der Waals surface area contributed by atoms with Crippen molar-refractivity contribution in [3.63, 3.8) is 0 Å². The van der Waals surface area contributed by atoms with Crippen LogP contribution >= 0.6 is 0 Å². The lowest BCUT2D eigenvalue weighted by molar-refractivity contribution is -0.128. The van der Waals surface area contributed by atoms with E-state index in [9.17, 15) is 19.2 Å². The van der Waals surface area contributed by atoms with E-state index in [1.165, 1.54) is 0 Å². The predicted octanol–water partition coefficient (Wildman–Crippen LogP) is 1.42. The number of nitrogens with one attached hydrogen (secondary N) is 6. The standard InChI is InChI=1S/C26H45N7O5/c1-6-28-22(17(2)3)24(35)33-21(8-7-13-30-25(27)36)23(34)32-20-11-9-19(10-12-20)16-38-26(37)31-15-14-29-18(4)5/h9-12,17-18,21-22,28-29H,6-8,13-16H2,1-5H3,(H,31,37)(H,32,34)(H,33,35)(H3,27,30,36)/t21-,22-/m0/s1. The minimum absolute atomic E-state index is 0.0312. The molecule has 1 rings (SSSR count). The number of ether oxygens (including phenoxy) is 1. The van der Waals surface area contributed by atoms with Gasteiger partial charge in [-0.25, -0.2) is 9.59 Å². The fourth-order valence-electron chi connectivity index (χ4n) is 3.54. The number of likely N-dealkylation sites (N-methyl/N-ethyl adjacent to an activating group) is 1. The molecule has 214 valence electrons. The first kappa shape index (κ1) is 32.6. The van der Waals surface area contributed by atoms with Crippen molar-refractivity contribution in [2.24, 2.45) is 11.7 Å². The Morgan fingerprint density at radius 1 is 0.895 bits per heavy atom. The van der Waals surface area contributed by atoms with Gasteiger partial charge in [0, 0.05) is 31.4 Å². The highest BCUT2D eigenvalue weighted by molar-refractivity contribution is 5.97. The average Bonchev–Trinajstić information content (AvgIpc) is 2.85. The number of anilines is 1.